The topological polar surface area (TPSA) is 72.6 Å². The molecule has 0 heterocycles. The van der Waals surface area contributed by atoms with E-state index in [1.54, 1.807) is 13.2 Å². The van der Waals surface area contributed by atoms with Crippen LogP contribution in [0.2, 0.25) is 0 Å². The standard InChI is InChI=1S/C11H16N2O3S2/c1-13(18(14,15)8-11(12)17)7-9-5-3-4-6-10(9)16-2/h3-6H,7-8H2,1-2H3,(H2,12,17). The summed E-state index contributed by atoms with van der Waals surface area (Å²) >= 11 is 4.62. The lowest BCUT2D eigenvalue weighted by Crippen LogP contribution is -2.33. The minimum absolute atomic E-state index is 0.0399. The van der Waals surface area contributed by atoms with Gasteiger partial charge in [-0.15, -0.1) is 0 Å². The fourth-order valence-electron chi connectivity index (χ4n) is 1.46. The minimum atomic E-state index is -3.47. The molecular formula is C11H16N2O3S2. The molecule has 0 aliphatic heterocycles. The Labute approximate surface area is 113 Å². The summed E-state index contributed by atoms with van der Waals surface area (Å²) in [6, 6.07) is 7.24. The number of nitrogens with zero attached hydrogens (tertiary/aromatic N) is 1. The van der Waals surface area contributed by atoms with Crippen LogP contribution in [0.1, 0.15) is 5.56 Å². The van der Waals surface area contributed by atoms with Crippen LogP contribution in [0.15, 0.2) is 24.3 Å². The molecule has 0 radical (unpaired) electrons. The van der Waals surface area contributed by atoms with Gasteiger partial charge in [0, 0.05) is 19.2 Å². The summed E-state index contributed by atoms with van der Waals surface area (Å²) in [5.41, 5.74) is 6.05. The average Bonchev–Trinajstić information content (AvgIpc) is 2.28. The first-order valence-corrected chi connectivity index (χ1v) is 7.23. The Kier molecular flexibility index (Phi) is 5.06. The molecule has 0 atom stereocenters. The van der Waals surface area contributed by atoms with Crippen LogP contribution in [-0.4, -0.2) is 37.6 Å². The highest BCUT2D eigenvalue weighted by Gasteiger charge is 2.20. The quantitative estimate of drug-likeness (QED) is 0.782. The van der Waals surface area contributed by atoms with Crippen LogP contribution >= 0.6 is 12.2 Å². The Morgan fingerprint density at radius 1 is 1.44 bits per heavy atom. The number of hydrogen-bond donors (Lipinski definition) is 1. The van der Waals surface area contributed by atoms with E-state index >= 15 is 0 Å². The van der Waals surface area contributed by atoms with E-state index in [0.717, 1.165) is 5.56 Å². The van der Waals surface area contributed by atoms with E-state index < -0.39 is 10.0 Å². The van der Waals surface area contributed by atoms with E-state index in [4.69, 9.17) is 10.5 Å². The smallest absolute Gasteiger partial charge is 0.220 e. The first-order valence-electron chi connectivity index (χ1n) is 5.21. The second-order valence-corrected chi connectivity index (χ2v) is 6.39. The van der Waals surface area contributed by atoms with Crippen molar-refractivity contribution in [1.82, 2.24) is 4.31 Å². The van der Waals surface area contributed by atoms with Gasteiger partial charge in [0.2, 0.25) is 10.0 Å². The Morgan fingerprint density at radius 2 is 2.06 bits per heavy atom. The lowest BCUT2D eigenvalue weighted by Gasteiger charge is -2.18. The summed E-state index contributed by atoms with van der Waals surface area (Å²) < 4.78 is 30.1. The highest BCUT2D eigenvalue weighted by atomic mass is 32.2. The molecule has 0 amide bonds. The van der Waals surface area contributed by atoms with Crippen molar-refractivity contribution >= 4 is 27.2 Å². The fourth-order valence-corrected chi connectivity index (χ4v) is 2.82. The molecule has 1 aromatic carbocycles. The van der Waals surface area contributed by atoms with Gasteiger partial charge in [-0.25, -0.2) is 12.7 Å². The molecular weight excluding hydrogens is 272 g/mol. The Bertz CT molecular complexity index is 529. The van der Waals surface area contributed by atoms with Crippen LogP contribution in [0.25, 0.3) is 0 Å². The number of methoxy groups -OCH3 is 1. The van der Waals surface area contributed by atoms with Crippen molar-refractivity contribution in [3.63, 3.8) is 0 Å². The molecule has 0 aromatic heterocycles. The number of thiocarbonyl (C=S) groups is 1. The third-order valence-electron chi connectivity index (χ3n) is 2.39. The Hall–Kier alpha value is -1.18. The van der Waals surface area contributed by atoms with Gasteiger partial charge in [0.15, 0.2) is 0 Å². The van der Waals surface area contributed by atoms with E-state index in [9.17, 15) is 8.42 Å². The van der Waals surface area contributed by atoms with Crippen molar-refractivity contribution in [2.75, 3.05) is 19.9 Å². The first kappa shape index (κ1) is 14.9. The van der Waals surface area contributed by atoms with Gasteiger partial charge in [-0.3, -0.25) is 0 Å². The molecule has 0 fully saturated rings. The van der Waals surface area contributed by atoms with Gasteiger partial charge in [-0.1, -0.05) is 30.4 Å². The fraction of sp³-hybridized carbons (Fsp3) is 0.364. The molecule has 2 N–H and O–H groups in total. The van der Waals surface area contributed by atoms with Crippen molar-refractivity contribution in [3.05, 3.63) is 29.8 Å². The molecule has 0 aliphatic rings. The maximum Gasteiger partial charge on any atom is 0.220 e. The predicted octanol–water partition coefficient (Wildman–Crippen LogP) is 0.743. The van der Waals surface area contributed by atoms with E-state index in [-0.39, 0.29) is 17.3 Å². The van der Waals surface area contributed by atoms with Gasteiger partial charge in [0.1, 0.15) is 11.5 Å². The zero-order chi connectivity index (χ0) is 13.8. The predicted molar refractivity (Wildman–Crippen MR) is 75.0 cm³/mol. The third kappa shape index (κ3) is 3.94. The molecule has 100 valence electrons. The summed E-state index contributed by atoms with van der Waals surface area (Å²) in [6.07, 6.45) is 0. The highest BCUT2D eigenvalue weighted by molar-refractivity contribution is 7.92. The van der Waals surface area contributed by atoms with E-state index in [1.807, 2.05) is 18.2 Å². The van der Waals surface area contributed by atoms with Crippen LogP contribution in [0.3, 0.4) is 0 Å². The van der Waals surface area contributed by atoms with Gasteiger partial charge in [0.05, 0.1) is 12.1 Å². The lowest BCUT2D eigenvalue weighted by molar-refractivity contribution is 0.398. The molecule has 0 saturated heterocycles. The van der Waals surface area contributed by atoms with Crippen LogP contribution in [0.5, 0.6) is 5.75 Å². The van der Waals surface area contributed by atoms with Gasteiger partial charge < -0.3 is 10.5 Å². The average molecular weight is 288 g/mol. The minimum Gasteiger partial charge on any atom is -0.496 e. The van der Waals surface area contributed by atoms with Gasteiger partial charge in [-0.05, 0) is 6.07 Å². The van der Waals surface area contributed by atoms with Crippen LogP contribution in [0, 0.1) is 0 Å². The SMILES string of the molecule is COc1ccccc1CN(C)S(=O)(=O)CC(N)=S. The number of para-hydroxylation sites is 1. The molecule has 1 rings (SSSR count). The summed E-state index contributed by atoms with van der Waals surface area (Å²) in [6.45, 7) is 0.217. The Balaban J connectivity index is 2.87. The maximum absolute atomic E-state index is 11.9. The van der Waals surface area contributed by atoms with Crippen LogP contribution in [0.4, 0.5) is 0 Å². The van der Waals surface area contributed by atoms with E-state index in [1.165, 1.54) is 11.4 Å². The highest BCUT2D eigenvalue weighted by Crippen LogP contribution is 2.19. The molecule has 0 aliphatic carbocycles. The lowest BCUT2D eigenvalue weighted by atomic mass is 10.2. The van der Waals surface area contributed by atoms with E-state index in [0.29, 0.717) is 5.75 Å². The number of ether oxygens (including phenoxy) is 1. The van der Waals surface area contributed by atoms with E-state index in [2.05, 4.69) is 12.2 Å². The number of benzene rings is 1. The van der Waals surface area contributed by atoms with Crippen molar-refractivity contribution in [3.8, 4) is 5.75 Å². The van der Waals surface area contributed by atoms with Gasteiger partial charge in [0.25, 0.3) is 0 Å². The number of nitrogens with two attached hydrogens (primary N) is 1. The zero-order valence-electron chi connectivity index (χ0n) is 10.3. The van der Waals surface area contributed by atoms with Gasteiger partial charge >= 0.3 is 0 Å². The molecule has 7 heteroatoms. The van der Waals surface area contributed by atoms with Gasteiger partial charge in [-0.2, -0.15) is 0 Å². The maximum atomic E-state index is 11.9. The number of rotatable bonds is 6. The van der Waals surface area contributed by atoms with Crippen molar-refractivity contribution < 1.29 is 13.2 Å². The van der Waals surface area contributed by atoms with Crippen molar-refractivity contribution in [2.45, 2.75) is 6.54 Å². The zero-order valence-corrected chi connectivity index (χ0v) is 11.9. The summed E-state index contributed by atoms with van der Waals surface area (Å²) in [5, 5.41) is 0. The molecule has 0 bridgehead atoms. The molecule has 0 saturated carbocycles. The second kappa shape index (κ2) is 6.12. The molecule has 0 unspecified atom stereocenters. The molecule has 5 nitrogen and oxygen atoms in total. The number of hydrogen-bond acceptors (Lipinski definition) is 4. The van der Waals surface area contributed by atoms with Crippen LogP contribution < -0.4 is 10.5 Å². The molecule has 1 aromatic rings. The first-order chi connectivity index (χ1) is 8.36. The van der Waals surface area contributed by atoms with Crippen LogP contribution in [-0.2, 0) is 16.6 Å². The van der Waals surface area contributed by atoms with Crippen molar-refractivity contribution in [1.29, 1.82) is 0 Å². The monoisotopic (exact) mass is 288 g/mol. The second-order valence-electron chi connectivity index (χ2n) is 3.79. The number of sulfonamides is 1. The summed E-state index contributed by atoms with van der Waals surface area (Å²) in [5.74, 6) is 0.323. The third-order valence-corrected chi connectivity index (χ3v) is 4.47. The summed E-state index contributed by atoms with van der Waals surface area (Å²) in [4.78, 5) is -0.0399. The molecule has 0 spiro atoms. The van der Waals surface area contributed by atoms with Crippen molar-refractivity contribution in [2.24, 2.45) is 5.73 Å². The Morgan fingerprint density at radius 3 is 2.61 bits per heavy atom. The largest absolute Gasteiger partial charge is 0.496 e. The summed E-state index contributed by atoms with van der Waals surface area (Å²) in [7, 11) is -0.441. The molecule has 18 heavy (non-hydrogen) atoms. The normalized spacial score (nSPS) is 11.5.